The molecule has 2 heterocycles. The van der Waals surface area contributed by atoms with Crippen molar-refractivity contribution >= 4 is 34.4 Å². The number of allylic oxidation sites excluding steroid dienone is 1. The van der Waals surface area contributed by atoms with Crippen molar-refractivity contribution in [2.45, 2.75) is 63.5 Å². The number of para-hydroxylation sites is 1. The monoisotopic (exact) mass is 624 g/mol. The van der Waals surface area contributed by atoms with Crippen LogP contribution in [0.1, 0.15) is 71.7 Å². The topological polar surface area (TPSA) is 88.9 Å². The minimum atomic E-state index is -0.463. The number of nitrogens with one attached hydrogen (secondary N) is 1. The van der Waals surface area contributed by atoms with E-state index in [4.69, 9.17) is 20.8 Å². The summed E-state index contributed by atoms with van der Waals surface area (Å²) in [6.07, 6.45) is 8.13. The van der Waals surface area contributed by atoms with Crippen molar-refractivity contribution in [2.24, 2.45) is 0 Å². The van der Waals surface area contributed by atoms with E-state index in [1.165, 1.54) is 29.9 Å². The Hall–Kier alpha value is -4.36. The average Bonchev–Trinajstić information content (AvgIpc) is 3.46. The first-order chi connectivity index (χ1) is 21.9. The van der Waals surface area contributed by atoms with Crippen LogP contribution < -0.4 is 15.5 Å². The van der Waals surface area contributed by atoms with Gasteiger partial charge in [0.1, 0.15) is 0 Å². The number of benzene rings is 3. The highest BCUT2D eigenvalue weighted by molar-refractivity contribution is 6.30. The summed E-state index contributed by atoms with van der Waals surface area (Å²) in [6.45, 7) is 1.52. The minimum absolute atomic E-state index is 0.0618. The van der Waals surface area contributed by atoms with Gasteiger partial charge in [-0.2, -0.15) is 0 Å². The molecule has 1 aliphatic heterocycles. The fourth-order valence-electron chi connectivity index (χ4n) is 6.59. The Balaban J connectivity index is 1.20. The van der Waals surface area contributed by atoms with Gasteiger partial charge in [-0.1, -0.05) is 65.7 Å². The van der Waals surface area contributed by atoms with E-state index in [1.54, 1.807) is 18.2 Å². The maximum absolute atomic E-state index is 13.5. The van der Waals surface area contributed by atoms with Gasteiger partial charge in [0.05, 0.1) is 18.5 Å². The van der Waals surface area contributed by atoms with E-state index in [0.29, 0.717) is 41.5 Å². The Morgan fingerprint density at radius 1 is 1.04 bits per heavy atom. The number of amides is 2. The lowest BCUT2D eigenvalue weighted by atomic mass is 9.79. The number of carbonyl (C=O) groups excluding carboxylic acids is 2. The van der Waals surface area contributed by atoms with E-state index in [0.717, 1.165) is 44.2 Å². The average molecular weight is 625 g/mol. The molecular formula is C37H37ClN2O5. The van der Waals surface area contributed by atoms with Gasteiger partial charge in [-0.15, -0.1) is 0 Å². The lowest BCUT2D eigenvalue weighted by Gasteiger charge is -2.28. The quantitative estimate of drug-likeness (QED) is 0.199. The molecule has 0 radical (unpaired) electrons. The molecule has 8 heteroatoms. The summed E-state index contributed by atoms with van der Waals surface area (Å²) < 4.78 is 11.3. The van der Waals surface area contributed by atoms with Crippen LogP contribution in [0.15, 0.2) is 93.7 Å². The number of methoxy groups -OCH3 is 1. The SMILES string of the molecule is COc1cccc2c(=O)cc(C(=O)N[C@@H](C=C3CCC(c4ccccc4CN4CCCC4=O)CC3)Cc3ccc(Cl)cc3)oc12. The smallest absolute Gasteiger partial charge is 0.287 e. The van der Waals surface area contributed by atoms with Gasteiger partial charge in [-0.25, -0.2) is 0 Å². The second-order valence-electron chi connectivity index (χ2n) is 11.9. The molecular weight excluding hydrogens is 588 g/mol. The number of hydrogen-bond donors (Lipinski definition) is 1. The van der Waals surface area contributed by atoms with E-state index in [-0.39, 0.29) is 28.7 Å². The first-order valence-corrected chi connectivity index (χ1v) is 16.0. The number of nitrogens with zero attached hydrogens (tertiary/aromatic N) is 1. The van der Waals surface area contributed by atoms with E-state index < -0.39 is 5.91 Å². The van der Waals surface area contributed by atoms with E-state index >= 15 is 0 Å². The molecule has 1 aliphatic carbocycles. The number of carbonyl (C=O) groups is 2. The van der Waals surface area contributed by atoms with Crippen molar-refractivity contribution in [1.82, 2.24) is 10.2 Å². The molecule has 1 aromatic heterocycles. The second kappa shape index (κ2) is 13.7. The van der Waals surface area contributed by atoms with Crippen LogP contribution in [-0.4, -0.2) is 36.4 Å². The Bertz CT molecular complexity index is 1790. The van der Waals surface area contributed by atoms with Crippen LogP contribution in [-0.2, 0) is 17.8 Å². The summed E-state index contributed by atoms with van der Waals surface area (Å²) in [4.78, 5) is 40.6. The van der Waals surface area contributed by atoms with E-state index in [1.807, 2.05) is 29.2 Å². The molecule has 2 fully saturated rings. The lowest BCUT2D eigenvalue weighted by molar-refractivity contribution is -0.128. The zero-order valence-corrected chi connectivity index (χ0v) is 26.1. The number of hydrogen-bond acceptors (Lipinski definition) is 5. The minimum Gasteiger partial charge on any atom is -0.493 e. The van der Waals surface area contributed by atoms with Gasteiger partial charge in [0.25, 0.3) is 5.91 Å². The summed E-state index contributed by atoms with van der Waals surface area (Å²) in [5, 5.41) is 4.12. The van der Waals surface area contributed by atoms with Crippen molar-refractivity contribution in [2.75, 3.05) is 13.7 Å². The lowest BCUT2D eigenvalue weighted by Crippen LogP contribution is -2.36. The third-order valence-corrected chi connectivity index (χ3v) is 9.19. The zero-order valence-electron chi connectivity index (χ0n) is 25.4. The highest BCUT2D eigenvalue weighted by atomic mass is 35.5. The van der Waals surface area contributed by atoms with Crippen molar-refractivity contribution in [3.8, 4) is 5.75 Å². The zero-order chi connectivity index (χ0) is 31.3. The Kier molecular flexibility index (Phi) is 9.36. The molecule has 0 unspecified atom stereocenters. The molecule has 2 aliphatic rings. The van der Waals surface area contributed by atoms with Gasteiger partial charge in [0.2, 0.25) is 5.91 Å². The fraction of sp³-hybridized carbons (Fsp3) is 0.324. The molecule has 1 N–H and O–H groups in total. The first kappa shape index (κ1) is 30.7. The van der Waals surface area contributed by atoms with Crippen LogP contribution in [0.5, 0.6) is 5.75 Å². The Labute approximate surface area is 267 Å². The molecule has 3 aromatic carbocycles. The van der Waals surface area contributed by atoms with Crippen molar-refractivity contribution in [1.29, 1.82) is 0 Å². The molecule has 2 amide bonds. The molecule has 45 heavy (non-hydrogen) atoms. The van der Waals surface area contributed by atoms with Crippen molar-refractivity contribution in [3.63, 3.8) is 0 Å². The standard InChI is InChI=1S/C37H37ClN2O5/c1-44-33-9-4-8-31-32(41)22-34(45-36(31)33)37(43)39-29(21-25-13-17-28(38)18-14-25)20-24-11-15-26(16-12-24)30-7-3-2-6-27(30)23-40-19-5-10-35(40)42/h2-4,6-9,13-14,17-18,20,22,26,29H,5,10-12,15-16,19,21,23H2,1H3,(H,39,43)/t26?,29-/m0/s1. The van der Waals surface area contributed by atoms with Crippen LogP contribution in [0.3, 0.4) is 0 Å². The predicted octanol–water partition coefficient (Wildman–Crippen LogP) is 7.20. The number of likely N-dealkylation sites (tertiary alicyclic amines) is 1. The van der Waals surface area contributed by atoms with Gasteiger partial charge in [0, 0.05) is 30.6 Å². The molecule has 1 saturated carbocycles. The van der Waals surface area contributed by atoms with E-state index in [9.17, 15) is 14.4 Å². The Morgan fingerprint density at radius 2 is 1.82 bits per heavy atom. The van der Waals surface area contributed by atoms with Gasteiger partial charge < -0.3 is 19.4 Å². The summed E-state index contributed by atoms with van der Waals surface area (Å²) in [6, 6.07) is 22.1. The molecule has 1 atom stereocenters. The number of halogens is 1. The Morgan fingerprint density at radius 3 is 2.56 bits per heavy atom. The fourth-order valence-corrected chi connectivity index (χ4v) is 6.72. The van der Waals surface area contributed by atoms with Gasteiger partial charge >= 0.3 is 0 Å². The molecule has 0 bridgehead atoms. The van der Waals surface area contributed by atoms with Crippen molar-refractivity contribution < 1.29 is 18.7 Å². The number of fused-ring (bicyclic) bond motifs is 1. The van der Waals surface area contributed by atoms with Gasteiger partial charge in [-0.05, 0) is 85.4 Å². The predicted molar refractivity (Wildman–Crippen MR) is 176 cm³/mol. The molecule has 1 saturated heterocycles. The van der Waals surface area contributed by atoms with E-state index in [2.05, 4.69) is 35.7 Å². The van der Waals surface area contributed by atoms with Crippen LogP contribution in [0.25, 0.3) is 11.0 Å². The van der Waals surface area contributed by atoms with Crippen molar-refractivity contribution in [3.05, 3.63) is 122 Å². The number of ether oxygens (including phenoxy) is 1. The van der Waals surface area contributed by atoms with Gasteiger partial charge in [-0.3, -0.25) is 14.4 Å². The molecule has 232 valence electrons. The van der Waals surface area contributed by atoms with Crippen LogP contribution in [0, 0.1) is 0 Å². The highest BCUT2D eigenvalue weighted by Gasteiger charge is 2.25. The van der Waals surface area contributed by atoms with Crippen LogP contribution in [0.4, 0.5) is 0 Å². The van der Waals surface area contributed by atoms with Gasteiger partial charge in [0.15, 0.2) is 22.5 Å². The molecule has 4 aromatic rings. The molecule has 6 rings (SSSR count). The summed E-state index contributed by atoms with van der Waals surface area (Å²) in [7, 11) is 1.50. The maximum atomic E-state index is 13.5. The highest BCUT2D eigenvalue weighted by Crippen LogP contribution is 2.38. The number of rotatable bonds is 9. The summed E-state index contributed by atoms with van der Waals surface area (Å²) in [5.74, 6) is 0.532. The van der Waals surface area contributed by atoms with Crippen LogP contribution in [0.2, 0.25) is 5.02 Å². The normalized spacial score (nSPS) is 17.4. The largest absolute Gasteiger partial charge is 0.493 e. The molecule has 7 nitrogen and oxygen atoms in total. The third-order valence-electron chi connectivity index (χ3n) is 8.94. The second-order valence-corrected chi connectivity index (χ2v) is 12.4. The third kappa shape index (κ3) is 7.15. The molecule has 0 spiro atoms. The van der Waals surface area contributed by atoms with Crippen LogP contribution >= 0.6 is 11.6 Å². The summed E-state index contributed by atoms with van der Waals surface area (Å²) in [5.41, 5.74) is 4.84. The summed E-state index contributed by atoms with van der Waals surface area (Å²) >= 11 is 6.13. The first-order valence-electron chi connectivity index (χ1n) is 15.6. The maximum Gasteiger partial charge on any atom is 0.287 e.